The second-order valence-corrected chi connectivity index (χ2v) is 2.26. The lowest BCUT2D eigenvalue weighted by Gasteiger charge is -2.04. The van der Waals surface area contributed by atoms with Crippen LogP contribution in [0.4, 0.5) is 13.2 Å². The third kappa shape index (κ3) is 4.47. The zero-order valence-corrected chi connectivity index (χ0v) is 6.37. The monoisotopic (exact) mass is 165 g/mol. The number of alkyl halides is 3. The summed E-state index contributed by atoms with van der Waals surface area (Å²) in [5.41, 5.74) is 4.84. The summed E-state index contributed by atoms with van der Waals surface area (Å²) >= 11 is 0. The minimum atomic E-state index is -4.24. The fourth-order valence-corrected chi connectivity index (χ4v) is 0.351. The van der Waals surface area contributed by atoms with Crippen molar-refractivity contribution in [1.29, 1.82) is 0 Å². The van der Waals surface area contributed by atoms with Crippen LogP contribution in [0, 0.1) is 0 Å². The third-order valence-electron chi connectivity index (χ3n) is 1.04. The first-order valence-corrected chi connectivity index (χ1v) is 3.02. The molecule has 2 N–H and O–H groups in total. The van der Waals surface area contributed by atoms with Crippen LogP contribution < -0.4 is 5.73 Å². The molecule has 64 valence electrons. The Morgan fingerprint density at radius 2 is 1.64 bits per heavy atom. The second-order valence-electron chi connectivity index (χ2n) is 2.26. The molecule has 0 amide bonds. The Balaban J connectivity index is 4.36. The van der Waals surface area contributed by atoms with E-state index in [9.17, 15) is 13.2 Å². The van der Waals surface area contributed by atoms with Gasteiger partial charge in [-0.15, -0.1) is 0 Å². The number of hydrogen-bond donors (Lipinski definition) is 1. The van der Waals surface area contributed by atoms with E-state index in [0.29, 0.717) is 5.70 Å². The summed E-state index contributed by atoms with van der Waals surface area (Å²) < 4.78 is 35.3. The van der Waals surface area contributed by atoms with E-state index in [4.69, 9.17) is 5.73 Å². The highest BCUT2D eigenvalue weighted by molar-refractivity contribution is 5.16. The van der Waals surface area contributed by atoms with E-state index in [1.165, 1.54) is 13.0 Å². The van der Waals surface area contributed by atoms with E-state index < -0.39 is 11.7 Å². The van der Waals surface area contributed by atoms with Gasteiger partial charge < -0.3 is 5.73 Å². The lowest BCUT2D eigenvalue weighted by Crippen LogP contribution is -2.08. The van der Waals surface area contributed by atoms with Crippen molar-refractivity contribution in [1.82, 2.24) is 0 Å². The van der Waals surface area contributed by atoms with Crippen LogP contribution >= 0.6 is 0 Å². The normalized spacial score (nSPS) is 15.4. The van der Waals surface area contributed by atoms with Crippen LogP contribution in [0.2, 0.25) is 0 Å². The van der Waals surface area contributed by atoms with Crippen LogP contribution in [0.3, 0.4) is 0 Å². The van der Waals surface area contributed by atoms with Gasteiger partial charge in [0.25, 0.3) is 0 Å². The van der Waals surface area contributed by atoms with E-state index in [-0.39, 0.29) is 0 Å². The molecule has 0 heterocycles. The maximum absolute atomic E-state index is 11.8. The fraction of sp³-hybridized carbons (Fsp3) is 0.429. The molecule has 0 radical (unpaired) electrons. The van der Waals surface area contributed by atoms with Gasteiger partial charge in [0.15, 0.2) is 0 Å². The van der Waals surface area contributed by atoms with Crippen LogP contribution in [0.5, 0.6) is 0 Å². The molecule has 0 aromatic carbocycles. The molecule has 0 aromatic rings. The summed E-state index contributed by atoms with van der Waals surface area (Å²) in [7, 11) is 0. The Kier molecular flexibility index (Phi) is 3.17. The average molecular weight is 165 g/mol. The minimum absolute atomic E-state index is 0.355. The third-order valence-corrected chi connectivity index (χ3v) is 1.04. The van der Waals surface area contributed by atoms with Gasteiger partial charge in [-0.3, -0.25) is 0 Å². The molecule has 0 atom stereocenters. The molecule has 1 nitrogen and oxygen atoms in total. The molecule has 0 aliphatic carbocycles. The van der Waals surface area contributed by atoms with Crippen molar-refractivity contribution in [3.05, 3.63) is 23.4 Å². The number of hydrogen-bond acceptors (Lipinski definition) is 1. The number of nitrogens with two attached hydrogens (primary N) is 1. The first-order valence-electron chi connectivity index (χ1n) is 3.02. The second kappa shape index (κ2) is 3.46. The summed E-state index contributed by atoms with van der Waals surface area (Å²) in [4.78, 5) is 0. The predicted molar refractivity (Wildman–Crippen MR) is 37.8 cm³/mol. The van der Waals surface area contributed by atoms with Crippen molar-refractivity contribution in [2.45, 2.75) is 20.0 Å². The molecule has 0 spiro atoms. The lowest BCUT2D eigenvalue weighted by molar-refractivity contribution is -0.0912. The molecule has 0 unspecified atom stereocenters. The standard InChI is InChI=1S/C7H10F3N/c1-5(7(8,9)10)3-4-6(2)11/h3-4H,11H2,1-2H3/b5-3+,6-4-. The summed E-state index contributed by atoms with van der Waals surface area (Å²) in [5.74, 6) is 0. The highest BCUT2D eigenvalue weighted by Crippen LogP contribution is 2.24. The van der Waals surface area contributed by atoms with Gasteiger partial charge in [-0.1, -0.05) is 6.08 Å². The van der Waals surface area contributed by atoms with E-state index in [1.54, 1.807) is 0 Å². The van der Waals surface area contributed by atoms with E-state index in [0.717, 1.165) is 13.0 Å². The average Bonchev–Trinajstić information content (AvgIpc) is 1.80. The summed E-state index contributed by atoms with van der Waals surface area (Å²) in [6, 6.07) is 0. The number of allylic oxidation sites excluding steroid dienone is 4. The fourth-order valence-electron chi connectivity index (χ4n) is 0.351. The predicted octanol–water partition coefficient (Wildman–Crippen LogP) is 2.36. The highest BCUT2D eigenvalue weighted by atomic mass is 19.4. The van der Waals surface area contributed by atoms with Gasteiger partial charge in [-0.05, 0) is 19.9 Å². The molecule has 0 aliphatic heterocycles. The van der Waals surface area contributed by atoms with Crippen molar-refractivity contribution >= 4 is 0 Å². The zero-order valence-electron chi connectivity index (χ0n) is 6.37. The first-order chi connectivity index (χ1) is 4.84. The largest absolute Gasteiger partial charge is 0.412 e. The molecule has 0 fully saturated rings. The smallest absolute Gasteiger partial charge is 0.402 e. The quantitative estimate of drug-likeness (QED) is 0.593. The van der Waals surface area contributed by atoms with Gasteiger partial charge in [0.2, 0.25) is 0 Å². The number of halogens is 3. The van der Waals surface area contributed by atoms with Gasteiger partial charge in [0.05, 0.1) is 0 Å². The Morgan fingerprint density at radius 3 is 1.91 bits per heavy atom. The Hall–Kier alpha value is -0.930. The van der Waals surface area contributed by atoms with Crippen LogP contribution in [-0.2, 0) is 0 Å². The van der Waals surface area contributed by atoms with Crippen LogP contribution in [0.15, 0.2) is 23.4 Å². The maximum atomic E-state index is 11.8. The number of rotatable bonds is 1. The molecule has 0 saturated heterocycles. The van der Waals surface area contributed by atoms with Gasteiger partial charge in [-0.2, -0.15) is 13.2 Å². The minimum Gasteiger partial charge on any atom is -0.402 e. The summed E-state index contributed by atoms with van der Waals surface area (Å²) in [6.07, 6.45) is -2.07. The zero-order chi connectivity index (χ0) is 9.07. The van der Waals surface area contributed by atoms with Gasteiger partial charge in [0.1, 0.15) is 0 Å². The van der Waals surface area contributed by atoms with Gasteiger partial charge >= 0.3 is 6.18 Å². The first kappa shape index (κ1) is 10.1. The van der Waals surface area contributed by atoms with Crippen molar-refractivity contribution < 1.29 is 13.2 Å². The summed E-state index contributed by atoms with van der Waals surface area (Å²) in [5, 5.41) is 0. The molecular formula is C7H10F3N. The highest BCUT2D eigenvalue weighted by Gasteiger charge is 2.29. The van der Waals surface area contributed by atoms with Gasteiger partial charge in [0, 0.05) is 11.3 Å². The maximum Gasteiger partial charge on any atom is 0.412 e. The van der Waals surface area contributed by atoms with Crippen LogP contribution in [0.1, 0.15) is 13.8 Å². The van der Waals surface area contributed by atoms with Crippen molar-refractivity contribution in [3.63, 3.8) is 0 Å². The molecule has 0 rings (SSSR count). The molecule has 0 bridgehead atoms. The molecule has 0 saturated carbocycles. The van der Waals surface area contributed by atoms with Crippen molar-refractivity contribution in [3.8, 4) is 0 Å². The topological polar surface area (TPSA) is 26.0 Å². The lowest BCUT2D eigenvalue weighted by atomic mass is 10.2. The molecule has 0 aliphatic rings. The molecule has 0 aromatic heterocycles. The Bertz CT molecular complexity index is 184. The summed E-state index contributed by atoms with van der Waals surface area (Å²) in [6.45, 7) is 2.53. The van der Waals surface area contributed by atoms with E-state index in [1.807, 2.05) is 0 Å². The SMILES string of the molecule is C/C(N)=C/C=C(\C)C(F)(F)F. The Morgan fingerprint density at radius 1 is 1.18 bits per heavy atom. The van der Waals surface area contributed by atoms with E-state index in [2.05, 4.69) is 0 Å². The van der Waals surface area contributed by atoms with Gasteiger partial charge in [-0.25, -0.2) is 0 Å². The van der Waals surface area contributed by atoms with Crippen molar-refractivity contribution in [2.24, 2.45) is 5.73 Å². The van der Waals surface area contributed by atoms with Crippen LogP contribution in [0.25, 0.3) is 0 Å². The van der Waals surface area contributed by atoms with Crippen molar-refractivity contribution in [2.75, 3.05) is 0 Å². The molecular weight excluding hydrogens is 155 g/mol. The van der Waals surface area contributed by atoms with E-state index >= 15 is 0 Å². The molecule has 11 heavy (non-hydrogen) atoms. The Labute approximate surface area is 63.4 Å². The van der Waals surface area contributed by atoms with Crippen LogP contribution in [-0.4, -0.2) is 6.18 Å². The molecule has 4 heteroatoms.